The van der Waals surface area contributed by atoms with Gasteiger partial charge in [0.1, 0.15) is 35.6 Å². The highest BCUT2D eigenvalue weighted by molar-refractivity contribution is 7.87. The molecule has 6 N–H and O–H groups in total. The average Bonchev–Trinajstić information content (AvgIpc) is 1.54. The van der Waals surface area contributed by atoms with Crippen molar-refractivity contribution in [2.75, 3.05) is 37.1 Å². The summed E-state index contributed by atoms with van der Waals surface area (Å²) in [6, 6.07) is 13.3. The summed E-state index contributed by atoms with van der Waals surface area (Å²) < 4.78 is 204. The molecule has 3 amide bonds. The maximum Gasteiger partial charge on any atom is 0.280 e. The molecule has 6 aromatic carbocycles. The lowest BCUT2D eigenvalue weighted by molar-refractivity contribution is -0.120. The second-order valence-corrected chi connectivity index (χ2v) is 25.2. The molecule has 33 heteroatoms. The van der Waals surface area contributed by atoms with Crippen LogP contribution >= 0.6 is 34.8 Å². The molecule has 2 unspecified atom stereocenters. The number of nitrogens with zero attached hydrogens (tertiary/aromatic N) is 3. The number of likely N-dealkylation sites (N-methyl/N-ethyl adjacent to an activating group) is 3. The van der Waals surface area contributed by atoms with Crippen LogP contribution in [0.25, 0.3) is 0 Å². The minimum absolute atomic E-state index is 0.0401. The molecule has 18 nitrogen and oxygen atoms in total. The Balaban J connectivity index is 0.000000181. The Morgan fingerprint density at radius 2 is 0.607 bits per heavy atom. The van der Waals surface area contributed by atoms with Gasteiger partial charge in [-0.1, -0.05) is 53.0 Å². The molecule has 0 spiro atoms. The van der Waals surface area contributed by atoms with Crippen molar-refractivity contribution in [3.05, 3.63) is 193 Å². The molecule has 0 aromatic heterocycles. The standard InChI is InChI=1S/3C17H15ClF3N3O3S/c3*1-24-16(17(25)22-10-3-5-12(19)11(18)7-10)8-15(23-28(24,26)27)9-2-4-13(20)14(21)6-9/h3*2-7,15-16,23H,8H2,1H3,(H,22,25)/t2*15-,16+;/m10./s1. The third-order valence-corrected chi connectivity index (χ3v) is 18.9. The molecule has 6 aromatic rings. The summed E-state index contributed by atoms with van der Waals surface area (Å²) >= 11 is 17.0. The van der Waals surface area contributed by atoms with Crippen LogP contribution < -0.4 is 30.1 Å². The fourth-order valence-corrected chi connectivity index (χ4v) is 12.9. The third-order valence-electron chi connectivity index (χ3n) is 13.2. The molecule has 3 heterocycles. The quantitative estimate of drug-likeness (QED) is 0.0757. The SMILES string of the molecule is CN1C(C(=O)Nc2ccc(F)c(Cl)c2)CC(c2ccc(F)c(F)c2)NS1(=O)=O.CN1[C@@H](C(=O)Nc2ccc(F)c(Cl)c2)C[C@@H](c2ccc(F)c(F)c2)NS1(=O)=O.CN1[C@H](C(=O)Nc2ccc(F)c(Cl)c2)C[C@H](c2ccc(F)c(F)c2)NS1(=O)=O. The lowest BCUT2D eigenvalue weighted by Gasteiger charge is -2.36. The number of benzene rings is 6. The van der Waals surface area contributed by atoms with Gasteiger partial charge in [-0.05, 0) is 127 Å². The first-order chi connectivity index (χ1) is 39.2. The number of halogens is 12. The number of amides is 3. The van der Waals surface area contributed by atoms with E-state index in [0.717, 1.165) is 67.5 Å². The van der Waals surface area contributed by atoms with Crippen molar-refractivity contribution in [2.45, 2.75) is 55.5 Å². The van der Waals surface area contributed by atoms with Crippen molar-refractivity contribution in [1.82, 2.24) is 27.1 Å². The van der Waals surface area contributed by atoms with Crippen LogP contribution in [0.3, 0.4) is 0 Å². The number of carbonyl (C=O) groups excluding carboxylic acids is 3. The van der Waals surface area contributed by atoms with Crippen LogP contribution in [0.15, 0.2) is 109 Å². The first kappa shape index (κ1) is 65.1. The van der Waals surface area contributed by atoms with E-state index in [0.29, 0.717) is 0 Å². The zero-order valence-corrected chi connectivity index (χ0v) is 48.0. The molecule has 3 fully saturated rings. The maximum absolute atomic E-state index is 13.5. The topological polar surface area (TPSA) is 236 Å². The second-order valence-electron chi connectivity index (χ2n) is 18.7. The van der Waals surface area contributed by atoms with E-state index in [1.165, 1.54) is 75.7 Å². The van der Waals surface area contributed by atoms with Gasteiger partial charge in [0.05, 0.1) is 33.2 Å². The van der Waals surface area contributed by atoms with Crippen molar-refractivity contribution >= 4 is 100 Å². The summed E-state index contributed by atoms with van der Waals surface area (Å²) in [5, 5.41) is 6.83. The fraction of sp³-hybridized carbons (Fsp3) is 0.235. The van der Waals surface area contributed by atoms with E-state index in [2.05, 4.69) is 30.1 Å². The highest BCUT2D eigenvalue weighted by Gasteiger charge is 2.44. The molecular weight excluding hydrogens is 1260 g/mol. The minimum Gasteiger partial charge on any atom is -0.325 e. The smallest absolute Gasteiger partial charge is 0.280 e. The lowest BCUT2D eigenvalue weighted by Crippen LogP contribution is -2.55. The Morgan fingerprint density at radius 3 is 0.821 bits per heavy atom. The van der Waals surface area contributed by atoms with Gasteiger partial charge in [-0.3, -0.25) is 14.4 Å². The monoisotopic (exact) mass is 1300 g/mol. The van der Waals surface area contributed by atoms with Crippen molar-refractivity contribution in [3.63, 3.8) is 0 Å². The fourth-order valence-electron chi connectivity index (χ4n) is 8.57. The summed E-state index contributed by atoms with van der Waals surface area (Å²) in [5.74, 6) is -10.6. The van der Waals surface area contributed by atoms with Gasteiger partial charge in [0.2, 0.25) is 17.7 Å². The zero-order chi connectivity index (χ0) is 61.9. The summed E-state index contributed by atoms with van der Waals surface area (Å²) in [6.07, 6.45) is -0.120. The van der Waals surface area contributed by atoms with Crippen LogP contribution in [0.4, 0.5) is 56.6 Å². The maximum atomic E-state index is 13.5. The molecule has 0 aliphatic carbocycles. The number of anilines is 3. The zero-order valence-electron chi connectivity index (χ0n) is 43.3. The summed E-state index contributed by atoms with van der Waals surface area (Å²) in [4.78, 5) is 37.9. The second kappa shape index (κ2) is 26.5. The van der Waals surface area contributed by atoms with Crippen LogP contribution in [0.2, 0.25) is 15.1 Å². The van der Waals surface area contributed by atoms with E-state index >= 15 is 0 Å². The molecule has 3 aliphatic rings. The molecule has 3 aliphatic heterocycles. The predicted octanol–water partition coefficient (Wildman–Crippen LogP) is 8.93. The Bertz CT molecular complexity index is 3500. The molecule has 84 heavy (non-hydrogen) atoms. The van der Waals surface area contributed by atoms with Gasteiger partial charge >= 0.3 is 0 Å². The van der Waals surface area contributed by atoms with Gasteiger partial charge in [0, 0.05) is 38.2 Å². The van der Waals surface area contributed by atoms with Crippen molar-refractivity contribution < 1.29 is 79.2 Å². The third kappa shape index (κ3) is 15.5. The van der Waals surface area contributed by atoms with Gasteiger partial charge in [0.15, 0.2) is 34.9 Å². The van der Waals surface area contributed by atoms with E-state index in [4.69, 9.17) is 34.8 Å². The molecule has 3 saturated heterocycles. The molecule has 450 valence electrons. The molecule has 6 atom stereocenters. The first-order valence-electron chi connectivity index (χ1n) is 24.1. The van der Waals surface area contributed by atoms with Crippen molar-refractivity contribution in [3.8, 4) is 0 Å². The Morgan fingerprint density at radius 1 is 0.381 bits per heavy atom. The largest absolute Gasteiger partial charge is 0.325 e. The average molecular weight is 1300 g/mol. The van der Waals surface area contributed by atoms with Crippen molar-refractivity contribution in [1.29, 1.82) is 0 Å². The molecule has 0 radical (unpaired) electrons. The molecule has 9 rings (SSSR count). The number of carbonyl (C=O) groups is 3. The normalized spacial score (nSPS) is 22.0. The van der Waals surface area contributed by atoms with Gasteiger partial charge in [-0.2, -0.15) is 52.3 Å². The first-order valence-corrected chi connectivity index (χ1v) is 29.6. The van der Waals surface area contributed by atoms with E-state index < -0.39 is 137 Å². The number of nitrogens with one attached hydrogen (secondary N) is 6. The highest BCUT2D eigenvalue weighted by Crippen LogP contribution is 2.34. The van der Waals surface area contributed by atoms with Gasteiger partial charge < -0.3 is 16.0 Å². The van der Waals surface area contributed by atoms with E-state index in [-0.39, 0.29) is 68.1 Å². The van der Waals surface area contributed by atoms with Gasteiger partial charge in [0.25, 0.3) is 30.6 Å². The van der Waals surface area contributed by atoms with E-state index in [1.54, 1.807) is 0 Å². The summed E-state index contributed by atoms with van der Waals surface area (Å²) in [5.41, 5.74) is 1.09. The predicted molar refractivity (Wildman–Crippen MR) is 292 cm³/mol. The van der Waals surface area contributed by atoms with Crippen molar-refractivity contribution in [2.24, 2.45) is 0 Å². The number of rotatable bonds is 9. The molecular formula is C51H45Cl3F9N9O9S3. The van der Waals surface area contributed by atoms with Crippen LogP contribution in [-0.2, 0) is 45.0 Å². The molecule has 0 bridgehead atoms. The Hall–Kier alpha value is -6.42. The number of hydrogen-bond acceptors (Lipinski definition) is 9. The van der Waals surface area contributed by atoms with Crippen LogP contribution in [0.1, 0.15) is 54.1 Å². The van der Waals surface area contributed by atoms with Crippen LogP contribution in [-0.4, -0.2) is 95.2 Å². The van der Waals surface area contributed by atoms with E-state index in [1.807, 2.05) is 0 Å². The Kier molecular flexibility index (Phi) is 20.5. The number of hydrogen-bond donors (Lipinski definition) is 6. The summed E-state index contributed by atoms with van der Waals surface area (Å²) in [6.45, 7) is 0. The minimum atomic E-state index is -4.06. The highest BCUT2D eigenvalue weighted by atomic mass is 35.5. The van der Waals surface area contributed by atoms with Crippen LogP contribution in [0.5, 0.6) is 0 Å². The van der Waals surface area contributed by atoms with Crippen LogP contribution in [0, 0.1) is 52.4 Å². The molecule has 0 saturated carbocycles. The lowest BCUT2D eigenvalue weighted by atomic mass is 9.99. The van der Waals surface area contributed by atoms with Gasteiger partial charge in [-0.25, -0.2) is 39.5 Å². The summed E-state index contributed by atoms with van der Waals surface area (Å²) in [7, 11) is -8.55. The van der Waals surface area contributed by atoms with Gasteiger partial charge in [-0.15, -0.1) is 0 Å². The Labute approximate surface area is 489 Å². The van der Waals surface area contributed by atoms with E-state index in [9.17, 15) is 79.2 Å².